The van der Waals surface area contributed by atoms with E-state index in [0.717, 1.165) is 5.88 Å². The summed E-state index contributed by atoms with van der Waals surface area (Å²) in [5.74, 6) is 0.913. The van der Waals surface area contributed by atoms with E-state index in [-0.39, 0.29) is 0 Å². The maximum Gasteiger partial charge on any atom is 0.0804 e. The third kappa shape index (κ3) is 0.908. The van der Waals surface area contributed by atoms with Gasteiger partial charge in [-0.15, -0.1) is 11.8 Å². The van der Waals surface area contributed by atoms with E-state index in [2.05, 4.69) is 6.04 Å². The van der Waals surface area contributed by atoms with Gasteiger partial charge in [-0.2, -0.15) is 0 Å². The first kappa shape index (κ1) is 4.61. The van der Waals surface area contributed by atoms with Gasteiger partial charge in [0.1, 0.15) is 0 Å². The Morgan fingerprint density at radius 3 is 3.00 bits per heavy atom. The molecule has 1 heterocycles. The van der Waals surface area contributed by atoms with E-state index in [4.69, 9.17) is 6.42 Å². The van der Waals surface area contributed by atoms with Gasteiger partial charge in [0.05, 0.1) is 5.88 Å². The predicted octanol–water partition coefficient (Wildman–Crippen LogP) is 1.05. The summed E-state index contributed by atoms with van der Waals surface area (Å²) in [5, 5.41) is 1.99. The Morgan fingerprint density at radius 2 is 2.71 bits per heavy atom. The van der Waals surface area contributed by atoms with E-state index in [1.54, 1.807) is 16.7 Å². The molecule has 0 N–H and O–H groups in total. The predicted molar refractivity (Wildman–Crippen MR) is 32.3 cm³/mol. The van der Waals surface area contributed by atoms with Crippen LogP contribution in [-0.4, -0.2) is 10.8 Å². The Bertz CT molecular complexity index is 123. The molecule has 0 radical (unpaired) electrons. The minimum Gasteiger partial charge on any atom is -0.298 e. The van der Waals surface area contributed by atoms with E-state index in [1.165, 1.54) is 0 Å². The van der Waals surface area contributed by atoms with Crippen molar-refractivity contribution in [3.63, 3.8) is 0 Å². The summed E-state index contributed by atoms with van der Waals surface area (Å²) in [6.45, 7) is 0. The maximum atomic E-state index is 5.05. The van der Waals surface area contributed by atoms with Gasteiger partial charge in [-0.05, 0) is 5.41 Å². The Labute approximate surface area is 47.4 Å². The number of hydrogen-bond acceptors (Lipinski definition) is 2. The van der Waals surface area contributed by atoms with Gasteiger partial charge in [0, 0.05) is 12.2 Å². The van der Waals surface area contributed by atoms with Gasteiger partial charge in [0.25, 0.3) is 0 Å². The van der Waals surface area contributed by atoms with Crippen molar-refractivity contribution in [3.05, 3.63) is 11.6 Å². The molecule has 7 heavy (non-hydrogen) atoms. The molecule has 0 atom stereocenters. The van der Waals surface area contributed by atoms with Gasteiger partial charge in [-0.1, -0.05) is 6.42 Å². The lowest BCUT2D eigenvalue weighted by Gasteiger charge is -1.99. The van der Waals surface area contributed by atoms with Crippen LogP contribution in [0.1, 0.15) is 0 Å². The molecule has 0 spiro atoms. The molecule has 0 aliphatic carbocycles. The largest absolute Gasteiger partial charge is 0.298 e. The summed E-state index contributed by atoms with van der Waals surface area (Å²) in [4.78, 5) is 1.80. The average molecular weight is 111 g/mol. The van der Waals surface area contributed by atoms with E-state index in [1.807, 2.05) is 11.6 Å². The van der Waals surface area contributed by atoms with Crippen molar-refractivity contribution < 1.29 is 0 Å². The molecule has 1 aliphatic rings. The van der Waals surface area contributed by atoms with Crippen molar-refractivity contribution in [2.24, 2.45) is 0 Å². The molecule has 0 aromatic rings. The highest BCUT2D eigenvalue weighted by Gasteiger charge is 1.96. The van der Waals surface area contributed by atoms with Gasteiger partial charge >= 0.3 is 0 Å². The van der Waals surface area contributed by atoms with Crippen molar-refractivity contribution in [1.82, 2.24) is 4.90 Å². The first-order valence-corrected chi connectivity index (χ1v) is 2.99. The van der Waals surface area contributed by atoms with Gasteiger partial charge in [0.15, 0.2) is 0 Å². The van der Waals surface area contributed by atoms with E-state index >= 15 is 0 Å². The second-order valence-corrected chi connectivity index (χ2v) is 2.04. The SMILES string of the molecule is C#CN1C=CSC1. The van der Waals surface area contributed by atoms with Crippen LogP contribution >= 0.6 is 11.8 Å². The minimum atomic E-state index is 0.913. The van der Waals surface area contributed by atoms with Crippen molar-refractivity contribution in [2.75, 3.05) is 5.88 Å². The van der Waals surface area contributed by atoms with Crippen molar-refractivity contribution in [2.45, 2.75) is 0 Å². The number of terminal acetylenes is 1. The van der Waals surface area contributed by atoms with Crippen molar-refractivity contribution in [3.8, 4) is 12.5 Å². The molecule has 1 nitrogen and oxygen atoms in total. The third-order valence-electron chi connectivity index (χ3n) is 0.716. The summed E-state index contributed by atoms with van der Waals surface area (Å²) in [7, 11) is 0. The number of hydrogen-bond donors (Lipinski definition) is 0. The second kappa shape index (κ2) is 1.94. The van der Waals surface area contributed by atoms with E-state index in [0.29, 0.717) is 0 Å². The molecule has 0 bridgehead atoms. The van der Waals surface area contributed by atoms with Gasteiger partial charge in [-0.3, -0.25) is 4.90 Å². The molecule has 0 unspecified atom stereocenters. The highest BCUT2D eigenvalue weighted by molar-refractivity contribution is 8.02. The zero-order chi connectivity index (χ0) is 5.11. The van der Waals surface area contributed by atoms with Crippen LogP contribution in [0.15, 0.2) is 11.6 Å². The van der Waals surface area contributed by atoms with Crippen LogP contribution in [0.5, 0.6) is 0 Å². The van der Waals surface area contributed by atoms with Gasteiger partial charge < -0.3 is 0 Å². The normalized spacial score (nSPS) is 17.3. The fraction of sp³-hybridized carbons (Fsp3) is 0.200. The Morgan fingerprint density at radius 1 is 1.86 bits per heavy atom. The number of nitrogens with zero attached hydrogens (tertiary/aromatic N) is 1. The number of rotatable bonds is 0. The molecular weight excluding hydrogens is 106 g/mol. The summed E-state index contributed by atoms with van der Waals surface area (Å²) in [6, 6.07) is 2.49. The van der Waals surface area contributed by atoms with Gasteiger partial charge in [0.2, 0.25) is 0 Å². The molecule has 2 heteroatoms. The molecule has 0 saturated heterocycles. The third-order valence-corrected chi connectivity index (χ3v) is 1.46. The summed E-state index contributed by atoms with van der Waals surface area (Å²) in [5.41, 5.74) is 0. The average Bonchev–Trinajstić information content (AvgIpc) is 2.14. The van der Waals surface area contributed by atoms with Crippen LogP contribution in [0.2, 0.25) is 0 Å². The first-order chi connectivity index (χ1) is 3.43. The van der Waals surface area contributed by atoms with Crippen LogP contribution in [0.25, 0.3) is 0 Å². The molecule has 0 aromatic heterocycles. The summed E-state index contributed by atoms with van der Waals surface area (Å²) in [6.07, 6.45) is 6.94. The highest BCUT2D eigenvalue weighted by atomic mass is 32.2. The van der Waals surface area contributed by atoms with Crippen LogP contribution in [-0.2, 0) is 0 Å². The molecule has 0 saturated carbocycles. The molecule has 36 valence electrons. The van der Waals surface area contributed by atoms with E-state index < -0.39 is 0 Å². The molecule has 0 amide bonds. The second-order valence-electron chi connectivity index (χ2n) is 1.18. The van der Waals surface area contributed by atoms with Crippen LogP contribution in [0.4, 0.5) is 0 Å². The van der Waals surface area contributed by atoms with E-state index in [9.17, 15) is 0 Å². The Balaban J connectivity index is 2.47. The fourth-order valence-corrected chi connectivity index (χ4v) is 1.00. The Kier molecular flexibility index (Phi) is 1.28. The van der Waals surface area contributed by atoms with Crippen LogP contribution < -0.4 is 0 Å². The van der Waals surface area contributed by atoms with Gasteiger partial charge in [-0.25, -0.2) is 0 Å². The van der Waals surface area contributed by atoms with Crippen molar-refractivity contribution >= 4 is 11.8 Å². The quantitative estimate of drug-likeness (QED) is 0.430. The molecular formula is C5H5NS. The summed E-state index contributed by atoms with van der Waals surface area (Å²) >= 11 is 1.71. The lowest BCUT2D eigenvalue weighted by Crippen LogP contribution is -2.02. The standard InChI is InChI=1S/C5H5NS/c1-2-6-3-4-7-5-6/h1,3-4H,5H2. The smallest absolute Gasteiger partial charge is 0.0804 e. The first-order valence-electron chi connectivity index (χ1n) is 1.94. The van der Waals surface area contributed by atoms with Crippen molar-refractivity contribution in [1.29, 1.82) is 0 Å². The lowest BCUT2D eigenvalue weighted by molar-refractivity contribution is 0.650. The fourth-order valence-electron chi connectivity index (χ4n) is 0.363. The van der Waals surface area contributed by atoms with Crippen LogP contribution in [0, 0.1) is 12.5 Å². The zero-order valence-corrected chi connectivity index (χ0v) is 4.61. The molecule has 1 aliphatic heterocycles. The zero-order valence-electron chi connectivity index (χ0n) is 3.79. The molecule has 1 rings (SSSR count). The highest BCUT2D eigenvalue weighted by Crippen LogP contribution is 2.12. The topological polar surface area (TPSA) is 3.24 Å². The monoisotopic (exact) mass is 111 g/mol. The lowest BCUT2D eigenvalue weighted by atomic mass is 10.8. The summed E-state index contributed by atoms with van der Waals surface area (Å²) < 4.78 is 0. The van der Waals surface area contributed by atoms with Crippen LogP contribution in [0.3, 0.4) is 0 Å². The molecule has 0 aromatic carbocycles. The Hall–Kier alpha value is -0.550. The maximum absolute atomic E-state index is 5.05. The molecule has 0 fully saturated rings. The minimum absolute atomic E-state index is 0.913. The number of thioether (sulfide) groups is 1.